The van der Waals surface area contributed by atoms with Crippen LogP contribution in [0.4, 0.5) is 0 Å². The van der Waals surface area contributed by atoms with Gasteiger partial charge in [-0.15, -0.1) is 11.3 Å². The van der Waals surface area contributed by atoms with Crippen molar-refractivity contribution < 1.29 is 9.53 Å². The molecule has 0 aliphatic heterocycles. The second-order valence-electron chi connectivity index (χ2n) is 5.00. The Morgan fingerprint density at radius 2 is 2.12 bits per heavy atom. The molecule has 0 aliphatic rings. The molecule has 8 nitrogen and oxygen atoms in total. The minimum absolute atomic E-state index is 0.0389. The minimum atomic E-state index is -0.673. The standard InChI is InChI=1S/C15H14N4O4S/c1-2-5-19-12(20)4-3-11(17-19)14(22)23-9-10-8-13(21)18-6-7-24-15(18)16-10/h3-4,6-8H,2,5,9H2,1H3. The van der Waals surface area contributed by atoms with Gasteiger partial charge in [-0.1, -0.05) is 6.92 Å². The molecule has 0 saturated heterocycles. The summed E-state index contributed by atoms with van der Waals surface area (Å²) in [6, 6.07) is 3.92. The Bertz CT molecular complexity index is 1000. The zero-order valence-electron chi connectivity index (χ0n) is 12.8. The van der Waals surface area contributed by atoms with Crippen LogP contribution in [-0.2, 0) is 17.9 Å². The Labute approximate surface area is 140 Å². The summed E-state index contributed by atoms with van der Waals surface area (Å²) in [5.41, 5.74) is -0.109. The first-order valence-corrected chi connectivity index (χ1v) is 8.17. The third-order valence-corrected chi connectivity index (χ3v) is 3.98. The Kier molecular flexibility index (Phi) is 4.52. The summed E-state index contributed by atoms with van der Waals surface area (Å²) in [5.74, 6) is -0.673. The van der Waals surface area contributed by atoms with Crippen molar-refractivity contribution >= 4 is 22.3 Å². The number of nitrogens with zero attached hydrogens (tertiary/aromatic N) is 4. The third kappa shape index (κ3) is 3.25. The average Bonchev–Trinajstić information content (AvgIpc) is 3.04. The van der Waals surface area contributed by atoms with Gasteiger partial charge in [0.1, 0.15) is 6.61 Å². The van der Waals surface area contributed by atoms with Gasteiger partial charge < -0.3 is 4.74 Å². The fourth-order valence-corrected chi connectivity index (χ4v) is 2.84. The Morgan fingerprint density at radius 3 is 2.92 bits per heavy atom. The zero-order chi connectivity index (χ0) is 17.1. The molecule has 0 bridgehead atoms. The maximum Gasteiger partial charge on any atom is 0.359 e. The molecule has 3 rings (SSSR count). The monoisotopic (exact) mass is 346 g/mol. The van der Waals surface area contributed by atoms with Gasteiger partial charge in [0.15, 0.2) is 10.7 Å². The molecule has 9 heteroatoms. The Hall–Kier alpha value is -2.81. The number of thiazole rings is 1. The van der Waals surface area contributed by atoms with Gasteiger partial charge in [-0.05, 0) is 12.5 Å². The first-order valence-electron chi connectivity index (χ1n) is 7.29. The summed E-state index contributed by atoms with van der Waals surface area (Å²) in [6.45, 7) is 2.19. The van der Waals surface area contributed by atoms with Crippen LogP contribution in [-0.4, -0.2) is 25.1 Å². The second kappa shape index (κ2) is 6.75. The first kappa shape index (κ1) is 16.1. The van der Waals surface area contributed by atoms with Gasteiger partial charge in [-0.3, -0.25) is 14.0 Å². The first-order chi connectivity index (χ1) is 11.6. The molecule has 0 fully saturated rings. The number of carbonyl (C=O) groups is 1. The zero-order valence-corrected chi connectivity index (χ0v) is 13.7. The van der Waals surface area contributed by atoms with Crippen LogP contribution >= 0.6 is 11.3 Å². The van der Waals surface area contributed by atoms with E-state index in [1.54, 1.807) is 11.6 Å². The molecular formula is C15H14N4O4S. The predicted molar refractivity (Wildman–Crippen MR) is 87.2 cm³/mol. The van der Waals surface area contributed by atoms with E-state index < -0.39 is 5.97 Å². The van der Waals surface area contributed by atoms with Gasteiger partial charge in [0.25, 0.3) is 11.1 Å². The fourth-order valence-electron chi connectivity index (χ4n) is 2.10. The fraction of sp³-hybridized carbons (Fsp3) is 0.267. The van der Waals surface area contributed by atoms with E-state index in [-0.39, 0.29) is 23.4 Å². The predicted octanol–water partition coefficient (Wildman–Crippen LogP) is 1.08. The molecule has 0 aliphatic carbocycles. The average molecular weight is 346 g/mol. The van der Waals surface area contributed by atoms with Crippen molar-refractivity contribution in [2.24, 2.45) is 0 Å². The van der Waals surface area contributed by atoms with E-state index in [1.165, 1.54) is 38.6 Å². The van der Waals surface area contributed by atoms with Crippen LogP contribution in [0.3, 0.4) is 0 Å². The van der Waals surface area contributed by atoms with Crippen molar-refractivity contribution in [3.8, 4) is 0 Å². The van der Waals surface area contributed by atoms with Crippen LogP contribution < -0.4 is 11.1 Å². The summed E-state index contributed by atoms with van der Waals surface area (Å²) in [4.78, 5) is 40.3. The normalized spacial score (nSPS) is 10.9. The number of rotatable bonds is 5. The molecule has 0 atom stereocenters. The molecule has 0 radical (unpaired) electrons. The topological polar surface area (TPSA) is 95.6 Å². The minimum Gasteiger partial charge on any atom is -0.454 e. The number of hydrogen-bond acceptors (Lipinski definition) is 7. The maximum atomic E-state index is 12.1. The Morgan fingerprint density at radius 1 is 1.29 bits per heavy atom. The highest BCUT2D eigenvalue weighted by Crippen LogP contribution is 2.08. The van der Waals surface area contributed by atoms with Crippen LogP contribution in [0.5, 0.6) is 0 Å². The number of aryl methyl sites for hydroxylation is 1. The van der Waals surface area contributed by atoms with E-state index in [4.69, 9.17) is 4.74 Å². The molecule has 0 spiro atoms. The van der Waals surface area contributed by atoms with E-state index >= 15 is 0 Å². The van der Waals surface area contributed by atoms with Crippen LogP contribution in [0.15, 0.2) is 39.4 Å². The maximum absolute atomic E-state index is 12.1. The van der Waals surface area contributed by atoms with Gasteiger partial charge in [-0.2, -0.15) is 5.10 Å². The molecule has 3 heterocycles. The van der Waals surface area contributed by atoms with Crippen molar-refractivity contribution in [3.05, 3.63) is 61.9 Å². The van der Waals surface area contributed by atoms with E-state index in [0.717, 1.165) is 6.42 Å². The van der Waals surface area contributed by atoms with Crippen molar-refractivity contribution in [3.63, 3.8) is 0 Å². The van der Waals surface area contributed by atoms with Gasteiger partial charge in [0.2, 0.25) is 0 Å². The molecule has 124 valence electrons. The SMILES string of the molecule is CCCn1nc(C(=O)OCc2cc(=O)n3ccsc3n2)ccc1=O. The van der Waals surface area contributed by atoms with Crippen LogP contribution in [0, 0.1) is 0 Å². The summed E-state index contributed by atoms with van der Waals surface area (Å²) < 4.78 is 7.78. The molecule has 0 aromatic carbocycles. The van der Waals surface area contributed by atoms with E-state index in [9.17, 15) is 14.4 Å². The van der Waals surface area contributed by atoms with Crippen molar-refractivity contribution in [1.82, 2.24) is 19.2 Å². The lowest BCUT2D eigenvalue weighted by atomic mass is 10.4. The van der Waals surface area contributed by atoms with Crippen molar-refractivity contribution in [2.75, 3.05) is 0 Å². The van der Waals surface area contributed by atoms with Gasteiger partial charge in [-0.25, -0.2) is 14.5 Å². The summed E-state index contributed by atoms with van der Waals surface area (Å²) in [7, 11) is 0. The smallest absolute Gasteiger partial charge is 0.359 e. The highest BCUT2D eigenvalue weighted by molar-refractivity contribution is 7.15. The van der Waals surface area contributed by atoms with Crippen molar-refractivity contribution in [1.29, 1.82) is 0 Å². The van der Waals surface area contributed by atoms with Crippen molar-refractivity contribution in [2.45, 2.75) is 26.5 Å². The largest absolute Gasteiger partial charge is 0.454 e. The number of hydrogen-bond donors (Lipinski definition) is 0. The van der Waals surface area contributed by atoms with Gasteiger partial charge in [0.05, 0.1) is 5.69 Å². The van der Waals surface area contributed by atoms with Gasteiger partial charge in [0, 0.05) is 30.3 Å². The lowest BCUT2D eigenvalue weighted by Crippen LogP contribution is -2.24. The van der Waals surface area contributed by atoms with Crippen LogP contribution in [0.1, 0.15) is 29.5 Å². The number of fused-ring (bicyclic) bond motifs is 1. The molecule has 24 heavy (non-hydrogen) atoms. The molecule has 0 saturated carbocycles. The molecule has 0 N–H and O–H groups in total. The molecule has 3 aromatic rings. The van der Waals surface area contributed by atoms with Gasteiger partial charge >= 0.3 is 5.97 Å². The molecule has 0 unspecified atom stereocenters. The Balaban J connectivity index is 1.76. The summed E-state index contributed by atoms with van der Waals surface area (Å²) in [5, 5.41) is 5.73. The highest BCUT2D eigenvalue weighted by atomic mass is 32.1. The quantitative estimate of drug-likeness (QED) is 0.642. The molecule has 0 amide bonds. The van der Waals surface area contributed by atoms with E-state index in [2.05, 4.69) is 10.1 Å². The lowest BCUT2D eigenvalue weighted by Gasteiger charge is -2.06. The van der Waals surface area contributed by atoms with E-state index in [0.29, 0.717) is 17.2 Å². The third-order valence-electron chi connectivity index (χ3n) is 3.22. The summed E-state index contributed by atoms with van der Waals surface area (Å²) in [6.07, 6.45) is 2.35. The molecule has 3 aromatic heterocycles. The summed E-state index contributed by atoms with van der Waals surface area (Å²) >= 11 is 1.32. The number of esters is 1. The number of carbonyl (C=O) groups excluding carboxylic acids is 1. The van der Waals surface area contributed by atoms with Crippen LogP contribution in [0.2, 0.25) is 0 Å². The lowest BCUT2D eigenvalue weighted by molar-refractivity contribution is 0.0457. The number of aromatic nitrogens is 4. The highest BCUT2D eigenvalue weighted by Gasteiger charge is 2.12. The second-order valence-corrected chi connectivity index (χ2v) is 5.87. The number of ether oxygens (including phenoxy) is 1. The van der Waals surface area contributed by atoms with Crippen LogP contribution in [0.25, 0.3) is 4.96 Å². The van der Waals surface area contributed by atoms with E-state index in [1.807, 2.05) is 6.92 Å². The molecular weight excluding hydrogens is 332 g/mol.